The summed E-state index contributed by atoms with van der Waals surface area (Å²) in [4.78, 5) is 25.1. The molecule has 0 radical (unpaired) electrons. The Kier molecular flexibility index (Phi) is 5.26. The van der Waals surface area contributed by atoms with Crippen LogP contribution in [-0.2, 0) is 6.54 Å². The number of fused-ring (bicyclic) bond motifs is 1. The van der Waals surface area contributed by atoms with Crippen molar-refractivity contribution in [2.24, 2.45) is 11.0 Å². The lowest BCUT2D eigenvalue weighted by molar-refractivity contribution is 0.0949. The summed E-state index contributed by atoms with van der Waals surface area (Å²) in [6, 6.07) is 7.09. The van der Waals surface area contributed by atoms with Crippen molar-refractivity contribution in [3.05, 3.63) is 40.3 Å². The molecule has 1 N–H and O–H groups in total. The van der Waals surface area contributed by atoms with Crippen LogP contribution in [0.3, 0.4) is 0 Å². The predicted molar refractivity (Wildman–Crippen MR) is 98.8 cm³/mol. The third kappa shape index (κ3) is 3.78. The van der Waals surface area contributed by atoms with Gasteiger partial charge in [0.15, 0.2) is 5.69 Å². The number of hydrazone groups is 1. The molecule has 132 valence electrons. The molecule has 1 saturated carbocycles. The maximum Gasteiger partial charge on any atom is 0.292 e. The molecule has 2 aromatic rings. The summed E-state index contributed by atoms with van der Waals surface area (Å²) in [6.45, 7) is 4.65. The quantitative estimate of drug-likeness (QED) is 0.869. The fourth-order valence-corrected chi connectivity index (χ4v) is 3.31. The van der Waals surface area contributed by atoms with Gasteiger partial charge in [-0.05, 0) is 44.1 Å². The zero-order valence-corrected chi connectivity index (χ0v) is 14.8. The summed E-state index contributed by atoms with van der Waals surface area (Å²) < 4.78 is 1.37. The summed E-state index contributed by atoms with van der Waals surface area (Å²) in [5, 5.41) is 9.67. The average molecular weight is 340 g/mol. The molecule has 1 amide bonds. The molecule has 1 atom stereocenters. The van der Waals surface area contributed by atoms with Crippen molar-refractivity contribution in [3.8, 4) is 0 Å². The molecule has 1 aromatic heterocycles. The first-order valence-electron chi connectivity index (χ1n) is 8.95. The summed E-state index contributed by atoms with van der Waals surface area (Å²) >= 11 is 0. The first-order valence-corrected chi connectivity index (χ1v) is 8.95. The number of benzene rings is 1. The zero-order valence-electron chi connectivity index (χ0n) is 14.8. The molecule has 0 saturated heterocycles. The van der Waals surface area contributed by atoms with Crippen LogP contribution in [0.1, 0.15) is 56.4 Å². The van der Waals surface area contributed by atoms with Gasteiger partial charge in [0.2, 0.25) is 0 Å². The molecule has 3 rings (SSSR count). The highest BCUT2D eigenvalue weighted by Gasteiger charge is 2.18. The maximum atomic E-state index is 12.7. The molecule has 25 heavy (non-hydrogen) atoms. The topological polar surface area (TPSA) is 76.3 Å². The number of carbonyl (C=O) groups is 1. The second kappa shape index (κ2) is 7.59. The molecule has 1 aromatic carbocycles. The molecule has 6 heteroatoms. The van der Waals surface area contributed by atoms with E-state index in [0.29, 0.717) is 23.2 Å². The molecule has 1 aliphatic carbocycles. The van der Waals surface area contributed by atoms with Crippen LogP contribution in [0.25, 0.3) is 10.8 Å². The Morgan fingerprint density at radius 1 is 1.36 bits per heavy atom. The van der Waals surface area contributed by atoms with E-state index >= 15 is 0 Å². The van der Waals surface area contributed by atoms with Gasteiger partial charge in [0, 0.05) is 17.6 Å². The number of aryl methyl sites for hydroxylation is 1. The highest BCUT2D eigenvalue weighted by molar-refractivity contribution is 6.05. The molecular weight excluding hydrogens is 316 g/mol. The molecule has 6 nitrogen and oxygen atoms in total. The summed E-state index contributed by atoms with van der Waals surface area (Å²) in [5.74, 6) is 0.238. The van der Waals surface area contributed by atoms with Crippen LogP contribution in [0, 0.1) is 5.92 Å². The van der Waals surface area contributed by atoms with Crippen LogP contribution in [0.2, 0.25) is 0 Å². The van der Waals surface area contributed by atoms with Gasteiger partial charge in [-0.2, -0.15) is 10.2 Å². The number of hydrogen-bond acceptors (Lipinski definition) is 4. The minimum absolute atomic E-state index is 0.165. The van der Waals surface area contributed by atoms with Gasteiger partial charge >= 0.3 is 0 Å². The van der Waals surface area contributed by atoms with Gasteiger partial charge in [-0.3, -0.25) is 9.59 Å². The summed E-state index contributed by atoms with van der Waals surface area (Å²) in [7, 11) is 0. The standard InChI is InChI=1S/C19H24N4O2/c1-3-11-23-19(25)16-10-5-4-9-15(16)17(22-23)18(24)21-20-14-8-6-7-13(2)12-14/h4-5,9-10,13H,3,6-8,11-12H2,1-2H3,(H,21,24)/b20-14-/t13-/m1/s1. The van der Waals surface area contributed by atoms with Crippen LogP contribution >= 0.6 is 0 Å². The lowest BCUT2D eigenvalue weighted by atomic mass is 9.89. The van der Waals surface area contributed by atoms with E-state index in [9.17, 15) is 9.59 Å². The zero-order chi connectivity index (χ0) is 17.8. The molecule has 1 aliphatic rings. The fraction of sp³-hybridized carbons (Fsp3) is 0.474. The van der Waals surface area contributed by atoms with Crippen molar-refractivity contribution >= 4 is 22.4 Å². The fourth-order valence-electron chi connectivity index (χ4n) is 3.31. The van der Waals surface area contributed by atoms with Gasteiger partial charge in [-0.1, -0.05) is 32.0 Å². The number of nitrogens with zero attached hydrogens (tertiary/aromatic N) is 3. The van der Waals surface area contributed by atoms with E-state index in [0.717, 1.165) is 31.4 Å². The summed E-state index contributed by atoms with van der Waals surface area (Å²) in [5.41, 5.74) is 3.75. The van der Waals surface area contributed by atoms with Gasteiger partial charge in [0.1, 0.15) is 0 Å². The van der Waals surface area contributed by atoms with Crippen molar-refractivity contribution in [1.29, 1.82) is 0 Å². The van der Waals surface area contributed by atoms with Crippen LogP contribution in [0.15, 0.2) is 34.2 Å². The SMILES string of the molecule is CCCn1nc(C(=O)N/N=C2/CCC[C@@H](C)C2)c2ccccc2c1=O. The van der Waals surface area contributed by atoms with Gasteiger partial charge in [0.25, 0.3) is 11.5 Å². The van der Waals surface area contributed by atoms with E-state index in [1.807, 2.05) is 6.92 Å². The first-order chi connectivity index (χ1) is 12.1. The number of carbonyl (C=O) groups excluding carboxylic acids is 1. The largest absolute Gasteiger partial charge is 0.292 e. The lowest BCUT2D eigenvalue weighted by Crippen LogP contribution is -2.29. The number of hydrogen-bond donors (Lipinski definition) is 1. The van der Waals surface area contributed by atoms with E-state index in [1.54, 1.807) is 24.3 Å². The van der Waals surface area contributed by atoms with Gasteiger partial charge < -0.3 is 0 Å². The predicted octanol–water partition coefficient (Wildman–Crippen LogP) is 3.10. The molecular formula is C19H24N4O2. The third-order valence-corrected chi connectivity index (χ3v) is 4.58. The van der Waals surface area contributed by atoms with Gasteiger partial charge in [0.05, 0.1) is 5.39 Å². The molecule has 0 bridgehead atoms. The van der Waals surface area contributed by atoms with Crippen molar-refractivity contribution in [2.75, 3.05) is 0 Å². The van der Waals surface area contributed by atoms with Crippen LogP contribution in [0.5, 0.6) is 0 Å². The van der Waals surface area contributed by atoms with E-state index in [2.05, 4.69) is 22.5 Å². The number of nitrogens with one attached hydrogen (secondary N) is 1. The monoisotopic (exact) mass is 340 g/mol. The van der Waals surface area contributed by atoms with Gasteiger partial charge in [-0.25, -0.2) is 10.1 Å². The molecule has 0 unspecified atom stereocenters. The Labute approximate surface area is 146 Å². The second-order valence-corrected chi connectivity index (χ2v) is 6.74. The second-order valence-electron chi connectivity index (χ2n) is 6.74. The molecule has 0 spiro atoms. The Morgan fingerprint density at radius 3 is 2.84 bits per heavy atom. The average Bonchev–Trinajstić information content (AvgIpc) is 2.62. The van der Waals surface area contributed by atoms with Gasteiger partial charge in [-0.15, -0.1) is 0 Å². The van der Waals surface area contributed by atoms with Crippen molar-refractivity contribution in [2.45, 2.75) is 52.5 Å². The highest BCUT2D eigenvalue weighted by Crippen LogP contribution is 2.21. The van der Waals surface area contributed by atoms with E-state index in [4.69, 9.17) is 0 Å². The van der Waals surface area contributed by atoms with E-state index in [1.165, 1.54) is 11.1 Å². The molecule has 0 aliphatic heterocycles. The van der Waals surface area contributed by atoms with Crippen LogP contribution < -0.4 is 11.0 Å². The Bertz CT molecular complexity index is 869. The molecule has 1 fully saturated rings. The third-order valence-electron chi connectivity index (χ3n) is 4.58. The van der Waals surface area contributed by atoms with Crippen molar-refractivity contribution in [3.63, 3.8) is 0 Å². The smallest absolute Gasteiger partial charge is 0.267 e. The minimum Gasteiger partial charge on any atom is -0.267 e. The summed E-state index contributed by atoms with van der Waals surface area (Å²) in [6.07, 6.45) is 4.93. The lowest BCUT2D eigenvalue weighted by Gasteiger charge is -2.19. The number of rotatable bonds is 4. The molecule has 1 heterocycles. The number of aromatic nitrogens is 2. The number of amides is 1. The normalized spacial score (nSPS) is 19.3. The van der Waals surface area contributed by atoms with Crippen molar-refractivity contribution in [1.82, 2.24) is 15.2 Å². The Balaban J connectivity index is 1.94. The van der Waals surface area contributed by atoms with E-state index in [-0.39, 0.29) is 17.2 Å². The maximum absolute atomic E-state index is 12.7. The van der Waals surface area contributed by atoms with Crippen LogP contribution in [-0.4, -0.2) is 21.4 Å². The Hall–Kier alpha value is -2.50. The van der Waals surface area contributed by atoms with Crippen molar-refractivity contribution < 1.29 is 4.79 Å². The van der Waals surface area contributed by atoms with Crippen LogP contribution in [0.4, 0.5) is 0 Å². The first kappa shape index (κ1) is 17.3. The van der Waals surface area contributed by atoms with E-state index < -0.39 is 0 Å². The Morgan fingerprint density at radius 2 is 2.12 bits per heavy atom. The highest BCUT2D eigenvalue weighted by atomic mass is 16.2. The minimum atomic E-state index is -0.369.